The first-order valence-electron chi connectivity index (χ1n) is 13.2. The highest BCUT2D eigenvalue weighted by Gasteiger charge is 2.59. The number of aromatic nitrogens is 2. The monoisotopic (exact) mass is 657 g/mol. The van der Waals surface area contributed by atoms with Crippen LogP contribution in [0, 0.1) is 0 Å². The van der Waals surface area contributed by atoms with Gasteiger partial charge in [-0.25, -0.2) is 18.7 Å². The van der Waals surface area contributed by atoms with Crippen molar-refractivity contribution in [3.8, 4) is 5.75 Å². The highest BCUT2D eigenvalue weighted by molar-refractivity contribution is 6.35. The number of rotatable bonds is 7. The van der Waals surface area contributed by atoms with Gasteiger partial charge in [0.1, 0.15) is 22.5 Å². The first kappa shape index (κ1) is 30.1. The molecule has 1 atom stereocenters. The van der Waals surface area contributed by atoms with Gasteiger partial charge in [-0.3, -0.25) is 19.0 Å². The molecular weight excluding hydrogens is 636 g/mol. The third-order valence-corrected chi connectivity index (χ3v) is 8.22. The SMILES string of the molecule is C[C@@]1(Cc2ccc(OC(F)(F)F)cc2)C(=O)N(c2cc(Cl)cc(Cl)c2)c2ncc(C(=O)NC3(C(=O)N4CC(F)(F)C4)CC3)n21. The fourth-order valence-corrected chi connectivity index (χ4v) is 6.11. The molecule has 1 N–H and O–H groups in total. The van der Waals surface area contributed by atoms with Crippen LogP contribution in [0.4, 0.5) is 33.6 Å². The summed E-state index contributed by atoms with van der Waals surface area (Å²) in [5, 5.41) is 3.10. The molecule has 3 heterocycles. The van der Waals surface area contributed by atoms with Gasteiger partial charge < -0.3 is 15.0 Å². The molecule has 2 aromatic carbocycles. The summed E-state index contributed by atoms with van der Waals surface area (Å²) in [7, 11) is 0. The fraction of sp³-hybridized carbons (Fsp3) is 0.357. The Kier molecular flexibility index (Phi) is 6.89. The quantitative estimate of drug-likeness (QED) is 0.340. The normalized spacial score (nSPS) is 21.5. The number of hydrogen-bond acceptors (Lipinski definition) is 5. The van der Waals surface area contributed by atoms with Crippen LogP contribution in [0.2, 0.25) is 10.0 Å². The van der Waals surface area contributed by atoms with Crippen LogP contribution in [0.1, 0.15) is 35.8 Å². The van der Waals surface area contributed by atoms with Gasteiger partial charge in [0.15, 0.2) is 0 Å². The Morgan fingerprint density at radius 3 is 2.20 bits per heavy atom. The largest absolute Gasteiger partial charge is 0.573 e. The minimum Gasteiger partial charge on any atom is -0.406 e. The van der Waals surface area contributed by atoms with Crippen molar-refractivity contribution in [2.45, 2.75) is 49.5 Å². The van der Waals surface area contributed by atoms with Crippen LogP contribution in [0.5, 0.6) is 5.75 Å². The number of likely N-dealkylation sites (tertiary alicyclic amines) is 1. The van der Waals surface area contributed by atoms with Crippen molar-refractivity contribution < 1.29 is 41.1 Å². The van der Waals surface area contributed by atoms with Gasteiger partial charge in [-0.05, 0) is 55.7 Å². The maximum Gasteiger partial charge on any atom is 0.573 e. The van der Waals surface area contributed by atoms with Crippen LogP contribution < -0.4 is 15.0 Å². The molecule has 1 saturated heterocycles. The number of carbonyl (C=O) groups excluding carboxylic acids is 3. The third-order valence-electron chi connectivity index (χ3n) is 7.79. The second-order valence-corrected chi connectivity index (χ2v) is 12.1. The van der Waals surface area contributed by atoms with Crippen LogP contribution >= 0.6 is 23.2 Å². The van der Waals surface area contributed by atoms with Gasteiger partial charge in [0, 0.05) is 16.5 Å². The summed E-state index contributed by atoms with van der Waals surface area (Å²) >= 11 is 12.4. The van der Waals surface area contributed by atoms with Gasteiger partial charge >= 0.3 is 6.36 Å². The van der Waals surface area contributed by atoms with Crippen molar-refractivity contribution in [1.82, 2.24) is 19.8 Å². The molecule has 0 spiro atoms. The summed E-state index contributed by atoms with van der Waals surface area (Å²) in [6.07, 6.45) is -3.28. The standard InChI is InChI=1S/C28H22Cl2F5N5O4/c1-25(11-15-2-4-19(5-3-15)44-28(33,34)35)22(42)39(18-9-16(29)8-17(30)10-18)24-36-12-20(40(24)25)21(41)37-26(6-7-26)23(43)38-13-27(31,32)14-38/h2-5,8-10,12H,6-7,11,13-14H2,1H3,(H,37,41)/t25-/m1/s1. The van der Waals surface area contributed by atoms with Gasteiger partial charge in [-0.1, -0.05) is 35.3 Å². The molecule has 1 aliphatic carbocycles. The van der Waals surface area contributed by atoms with Crippen molar-refractivity contribution in [1.29, 1.82) is 0 Å². The zero-order valence-corrected chi connectivity index (χ0v) is 24.2. The Hall–Kier alpha value is -3.91. The Bertz CT molecular complexity index is 1660. The summed E-state index contributed by atoms with van der Waals surface area (Å²) in [6.45, 7) is 0.0634. The molecule has 6 rings (SSSR count). The summed E-state index contributed by atoms with van der Waals surface area (Å²) in [5.74, 6) is -5.34. The topological polar surface area (TPSA) is 96.8 Å². The number of carbonyl (C=O) groups is 3. The number of halogens is 7. The molecule has 2 fully saturated rings. The van der Waals surface area contributed by atoms with Gasteiger partial charge in [0.25, 0.3) is 17.7 Å². The number of fused-ring (bicyclic) bond motifs is 1. The van der Waals surface area contributed by atoms with Crippen LogP contribution in [0.15, 0.2) is 48.7 Å². The number of amides is 3. The van der Waals surface area contributed by atoms with E-state index < -0.39 is 59.9 Å². The fourth-order valence-electron chi connectivity index (χ4n) is 5.59. The van der Waals surface area contributed by atoms with E-state index in [1.165, 1.54) is 52.9 Å². The van der Waals surface area contributed by atoms with E-state index in [2.05, 4.69) is 15.0 Å². The molecule has 1 saturated carbocycles. The highest BCUT2D eigenvalue weighted by Crippen LogP contribution is 2.45. The minimum atomic E-state index is -4.89. The third kappa shape index (κ3) is 5.34. The van der Waals surface area contributed by atoms with E-state index in [0.717, 1.165) is 17.0 Å². The van der Waals surface area contributed by atoms with Crippen molar-refractivity contribution in [2.24, 2.45) is 0 Å². The van der Waals surface area contributed by atoms with Gasteiger partial charge in [-0.15, -0.1) is 13.2 Å². The Balaban J connectivity index is 1.35. The summed E-state index contributed by atoms with van der Waals surface area (Å²) in [5.41, 5.74) is -2.33. The molecule has 0 bridgehead atoms. The zero-order chi connectivity index (χ0) is 31.8. The predicted octanol–water partition coefficient (Wildman–Crippen LogP) is 5.46. The minimum absolute atomic E-state index is 0.0246. The molecule has 1 aromatic heterocycles. The Labute approximate surface area is 256 Å². The maximum absolute atomic E-state index is 14.1. The van der Waals surface area contributed by atoms with E-state index in [1.54, 1.807) is 0 Å². The molecule has 2 aliphatic heterocycles. The Morgan fingerprint density at radius 2 is 1.66 bits per heavy atom. The zero-order valence-electron chi connectivity index (χ0n) is 22.7. The van der Waals surface area contributed by atoms with E-state index in [4.69, 9.17) is 23.2 Å². The Morgan fingerprint density at radius 1 is 1.05 bits per heavy atom. The number of ether oxygens (including phenoxy) is 1. The van der Waals surface area contributed by atoms with E-state index in [0.29, 0.717) is 5.56 Å². The van der Waals surface area contributed by atoms with Crippen LogP contribution in [-0.2, 0) is 21.5 Å². The summed E-state index contributed by atoms with van der Waals surface area (Å²) < 4.78 is 70.1. The lowest BCUT2D eigenvalue weighted by Crippen LogP contribution is -2.63. The van der Waals surface area contributed by atoms with Gasteiger partial charge in [-0.2, -0.15) is 0 Å². The summed E-state index contributed by atoms with van der Waals surface area (Å²) in [4.78, 5) is 47.3. The maximum atomic E-state index is 14.1. The van der Waals surface area contributed by atoms with E-state index in [-0.39, 0.29) is 46.6 Å². The smallest absolute Gasteiger partial charge is 0.406 e. The van der Waals surface area contributed by atoms with Crippen molar-refractivity contribution in [2.75, 3.05) is 18.0 Å². The average Bonchev–Trinajstić information content (AvgIpc) is 3.48. The average molecular weight is 658 g/mol. The number of imidazole rings is 1. The first-order valence-corrected chi connectivity index (χ1v) is 14.0. The number of alkyl halides is 5. The molecule has 0 unspecified atom stereocenters. The molecule has 3 aliphatic rings. The molecule has 44 heavy (non-hydrogen) atoms. The van der Waals surface area contributed by atoms with E-state index in [9.17, 15) is 36.3 Å². The lowest BCUT2D eigenvalue weighted by atomic mass is 9.91. The molecule has 16 heteroatoms. The van der Waals surface area contributed by atoms with Crippen molar-refractivity contribution in [3.05, 3.63) is 70.0 Å². The number of hydrogen-bond donors (Lipinski definition) is 1. The van der Waals surface area contributed by atoms with Gasteiger partial charge in [0.2, 0.25) is 11.9 Å². The van der Waals surface area contributed by atoms with Crippen LogP contribution in [0.3, 0.4) is 0 Å². The number of anilines is 2. The van der Waals surface area contributed by atoms with Gasteiger partial charge in [0.05, 0.1) is 25.0 Å². The lowest BCUT2D eigenvalue weighted by molar-refractivity contribution is -0.274. The van der Waals surface area contributed by atoms with E-state index in [1.807, 2.05) is 0 Å². The molecule has 3 aromatic rings. The van der Waals surface area contributed by atoms with E-state index >= 15 is 0 Å². The number of nitrogens with zero attached hydrogens (tertiary/aromatic N) is 4. The lowest BCUT2D eigenvalue weighted by Gasteiger charge is -2.40. The molecule has 0 radical (unpaired) electrons. The second-order valence-electron chi connectivity index (χ2n) is 11.2. The second kappa shape index (κ2) is 10.1. The summed E-state index contributed by atoms with van der Waals surface area (Å²) in [6, 6.07) is 9.32. The number of benzene rings is 2. The van der Waals surface area contributed by atoms with Crippen molar-refractivity contribution >= 4 is 52.6 Å². The van der Waals surface area contributed by atoms with Crippen LogP contribution in [0.25, 0.3) is 0 Å². The molecule has 9 nitrogen and oxygen atoms in total. The van der Waals surface area contributed by atoms with Crippen molar-refractivity contribution in [3.63, 3.8) is 0 Å². The predicted molar refractivity (Wildman–Crippen MR) is 147 cm³/mol. The molecule has 232 valence electrons. The number of nitrogens with one attached hydrogen (secondary N) is 1. The van der Waals surface area contributed by atoms with Crippen LogP contribution in [-0.4, -0.2) is 63.1 Å². The highest BCUT2D eigenvalue weighted by atomic mass is 35.5. The molecule has 3 amide bonds. The first-order chi connectivity index (χ1) is 20.5. The molecular formula is C28H22Cl2F5N5O4.